The molecule has 0 aliphatic carbocycles. The highest BCUT2D eigenvalue weighted by molar-refractivity contribution is 5.68. The minimum atomic E-state index is -0.722. The first-order valence-electron chi connectivity index (χ1n) is 8.05. The number of benzene rings is 2. The van der Waals surface area contributed by atoms with E-state index in [-0.39, 0.29) is 6.61 Å². The van der Waals surface area contributed by atoms with Gasteiger partial charge in [-0.15, -0.1) is 0 Å². The zero-order valence-electron chi connectivity index (χ0n) is 13.9. The van der Waals surface area contributed by atoms with Crippen LogP contribution in [0.3, 0.4) is 0 Å². The molecule has 0 fully saturated rings. The molecule has 0 radical (unpaired) electrons. The van der Waals surface area contributed by atoms with Crippen LogP contribution in [0.5, 0.6) is 11.6 Å². The molecular formula is C20H19NO4. The fraction of sp³-hybridized carbons (Fsp3) is 0.150. The van der Waals surface area contributed by atoms with E-state index in [0.29, 0.717) is 12.5 Å². The average Bonchev–Trinajstić information content (AvgIpc) is 3.10. The molecule has 3 aromatic rings. The Hall–Kier alpha value is -3.21. The Morgan fingerprint density at radius 3 is 2.48 bits per heavy atom. The number of aromatic nitrogens is 1. The van der Waals surface area contributed by atoms with Gasteiger partial charge >= 0.3 is 6.16 Å². The van der Waals surface area contributed by atoms with Crippen molar-refractivity contribution in [2.24, 2.45) is 0 Å². The van der Waals surface area contributed by atoms with Gasteiger partial charge in [0.2, 0.25) is 5.88 Å². The molecule has 0 saturated carbocycles. The molecule has 0 atom stereocenters. The van der Waals surface area contributed by atoms with Crippen molar-refractivity contribution in [3.8, 4) is 22.8 Å². The van der Waals surface area contributed by atoms with Crippen LogP contribution in [-0.4, -0.2) is 17.7 Å². The van der Waals surface area contributed by atoms with Crippen molar-refractivity contribution >= 4 is 6.16 Å². The zero-order chi connectivity index (χ0) is 17.5. The summed E-state index contributed by atoms with van der Waals surface area (Å²) in [5.41, 5.74) is 3.02. The third-order valence-corrected chi connectivity index (χ3v) is 3.55. The molecule has 1 heterocycles. The number of carbonyl (C=O) groups is 1. The first-order chi connectivity index (χ1) is 12.2. The van der Waals surface area contributed by atoms with Crippen molar-refractivity contribution in [1.82, 2.24) is 4.98 Å². The molecule has 2 aromatic carbocycles. The van der Waals surface area contributed by atoms with E-state index < -0.39 is 6.16 Å². The molecule has 0 unspecified atom stereocenters. The van der Waals surface area contributed by atoms with E-state index in [2.05, 4.69) is 4.98 Å². The van der Waals surface area contributed by atoms with Crippen LogP contribution < -0.4 is 9.47 Å². The van der Waals surface area contributed by atoms with Crippen LogP contribution in [0.25, 0.3) is 11.1 Å². The Morgan fingerprint density at radius 2 is 1.76 bits per heavy atom. The Balaban J connectivity index is 1.60. The normalized spacial score (nSPS) is 10.3. The number of carbonyl (C=O) groups excluding carboxylic acids is 1. The molecular weight excluding hydrogens is 318 g/mol. The summed E-state index contributed by atoms with van der Waals surface area (Å²) in [6.45, 7) is 2.53. The summed E-state index contributed by atoms with van der Waals surface area (Å²) in [5, 5.41) is 0. The summed E-state index contributed by atoms with van der Waals surface area (Å²) in [5.74, 6) is 1.14. The van der Waals surface area contributed by atoms with Gasteiger partial charge in [-0.05, 0) is 30.2 Å². The van der Waals surface area contributed by atoms with E-state index in [1.165, 1.54) is 0 Å². The summed E-state index contributed by atoms with van der Waals surface area (Å²) in [6, 6.07) is 19.5. The summed E-state index contributed by atoms with van der Waals surface area (Å²) >= 11 is 0. The van der Waals surface area contributed by atoms with Gasteiger partial charge < -0.3 is 19.2 Å². The lowest BCUT2D eigenvalue weighted by Crippen LogP contribution is -2.09. The van der Waals surface area contributed by atoms with Crippen molar-refractivity contribution < 1.29 is 19.0 Å². The lowest BCUT2D eigenvalue weighted by molar-refractivity contribution is 0.103. The monoisotopic (exact) mass is 337 g/mol. The fourth-order valence-corrected chi connectivity index (χ4v) is 2.32. The molecule has 0 spiro atoms. The van der Waals surface area contributed by atoms with Crippen molar-refractivity contribution in [3.05, 3.63) is 72.4 Å². The summed E-state index contributed by atoms with van der Waals surface area (Å²) in [4.78, 5) is 14.2. The molecule has 1 N–H and O–H groups in total. The van der Waals surface area contributed by atoms with Crippen LogP contribution in [0.4, 0.5) is 4.79 Å². The predicted molar refractivity (Wildman–Crippen MR) is 94.7 cm³/mol. The van der Waals surface area contributed by atoms with Gasteiger partial charge in [0, 0.05) is 17.8 Å². The van der Waals surface area contributed by atoms with Crippen LogP contribution >= 0.6 is 0 Å². The minimum Gasteiger partial charge on any atom is -0.489 e. The number of ether oxygens (including phenoxy) is 3. The molecule has 25 heavy (non-hydrogen) atoms. The number of H-pyrrole nitrogens is 1. The van der Waals surface area contributed by atoms with Gasteiger partial charge in [0.15, 0.2) is 0 Å². The third-order valence-electron chi connectivity index (χ3n) is 3.55. The summed E-state index contributed by atoms with van der Waals surface area (Å²) < 4.78 is 15.5. The molecule has 0 bridgehead atoms. The second-order valence-corrected chi connectivity index (χ2v) is 5.34. The highest BCUT2D eigenvalue weighted by Crippen LogP contribution is 2.26. The largest absolute Gasteiger partial charge is 0.515 e. The Bertz CT molecular complexity index is 809. The van der Waals surface area contributed by atoms with Crippen LogP contribution in [0, 0.1) is 0 Å². The highest BCUT2D eigenvalue weighted by Gasteiger charge is 2.08. The maximum Gasteiger partial charge on any atom is 0.515 e. The minimum absolute atomic E-state index is 0.275. The number of hydrogen-bond donors (Lipinski definition) is 1. The van der Waals surface area contributed by atoms with E-state index in [4.69, 9.17) is 14.2 Å². The number of rotatable bonds is 6. The van der Waals surface area contributed by atoms with E-state index >= 15 is 0 Å². The predicted octanol–water partition coefficient (Wildman–Crippen LogP) is 4.80. The second kappa shape index (κ2) is 8.06. The summed E-state index contributed by atoms with van der Waals surface area (Å²) in [7, 11) is 0. The van der Waals surface area contributed by atoms with Crippen LogP contribution in [0.15, 0.2) is 66.9 Å². The van der Waals surface area contributed by atoms with Crippen molar-refractivity contribution in [2.75, 3.05) is 6.61 Å². The average molecular weight is 337 g/mol. The zero-order valence-corrected chi connectivity index (χ0v) is 13.9. The standard InChI is InChI=1S/C20H19NO4/c1-2-23-20(22)25-19-12-17(13-21-19)16-8-10-18(11-9-16)24-14-15-6-4-3-5-7-15/h3-13,21H,2,14H2,1H3. The quantitative estimate of drug-likeness (QED) is 0.657. The van der Waals surface area contributed by atoms with Gasteiger partial charge in [0.05, 0.1) is 6.61 Å². The highest BCUT2D eigenvalue weighted by atomic mass is 16.7. The SMILES string of the molecule is CCOC(=O)Oc1cc(-c2ccc(OCc3ccccc3)cc2)c[nH]1. The Labute approximate surface area is 146 Å². The second-order valence-electron chi connectivity index (χ2n) is 5.34. The molecule has 0 aliphatic heterocycles. The lowest BCUT2D eigenvalue weighted by atomic mass is 10.1. The Kier molecular flexibility index (Phi) is 5.36. The van der Waals surface area contributed by atoms with Gasteiger partial charge in [-0.2, -0.15) is 0 Å². The van der Waals surface area contributed by atoms with Crippen molar-refractivity contribution in [1.29, 1.82) is 0 Å². The number of hydrogen-bond acceptors (Lipinski definition) is 4. The summed E-state index contributed by atoms with van der Waals surface area (Å²) in [6.07, 6.45) is 1.05. The molecule has 5 heteroatoms. The maximum atomic E-state index is 11.3. The van der Waals surface area contributed by atoms with Gasteiger partial charge in [-0.3, -0.25) is 0 Å². The Morgan fingerprint density at radius 1 is 1.00 bits per heavy atom. The van der Waals surface area contributed by atoms with Gasteiger partial charge in [0.1, 0.15) is 12.4 Å². The topological polar surface area (TPSA) is 60.6 Å². The number of aromatic amines is 1. The van der Waals surface area contributed by atoms with E-state index in [0.717, 1.165) is 22.4 Å². The molecule has 5 nitrogen and oxygen atoms in total. The van der Waals surface area contributed by atoms with E-state index in [1.807, 2.05) is 54.6 Å². The van der Waals surface area contributed by atoms with Gasteiger partial charge in [-0.1, -0.05) is 42.5 Å². The molecule has 1 aromatic heterocycles. The van der Waals surface area contributed by atoms with Gasteiger partial charge in [-0.25, -0.2) is 4.79 Å². The van der Waals surface area contributed by atoms with Gasteiger partial charge in [0.25, 0.3) is 0 Å². The van der Waals surface area contributed by atoms with Crippen molar-refractivity contribution in [3.63, 3.8) is 0 Å². The fourth-order valence-electron chi connectivity index (χ4n) is 2.32. The first kappa shape index (κ1) is 16.6. The van der Waals surface area contributed by atoms with E-state index in [9.17, 15) is 4.79 Å². The van der Waals surface area contributed by atoms with Crippen LogP contribution in [0.1, 0.15) is 12.5 Å². The maximum absolute atomic E-state index is 11.3. The smallest absolute Gasteiger partial charge is 0.489 e. The van der Waals surface area contributed by atoms with Crippen molar-refractivity contribution in [2.45, 2.75) is 13.5 Å². The lowest BCUT2D eigenvalue weighted by Gasteiger charge is -2.07. The molecule has 0 amide bonds. The van der Waals surface area contributed by atoms with Crippen LogP contribution in [0.2, 0.25) is 0 Å². The van der Waals surface area contributed by atoms with Crippen LogP contribution in [-0.2, 0) is 11.3 Å². The molecule has 3 rings (SSSR count). The van der Waals surface area contributed by atoms with E-state index in [1.54, 1.807) is 19.2 Å². The first-order valence-corrected chi connectivity index (χ1v) is 8.05. The number of nitrogens with one attached hydrogen (secondary N) is 1. The third kappa shape index (κ3) is 4.64. The molecule has 0 saturated heterocycles. The molecule has 0 aliphatic rings. The molecule has 128 valence electrons.